The van der Waals surface area contributed by atoms with Crippen LogP contribution in [0.1, 0.15) is 27.0 Å². The van der Waals surface area contributed by atoms with Gasteiger partial charge in [-0.15, -0.1) is 0 Å². The van der Waals surface area contributed by atoms with Gasteiger partial charge in [0.1, 0.15) is 0 Å². The summed E-state index contributed by atoms with van der Waals surface area (Å²) in [4.78, 5) is 16.8. The molecule has 7 nitrogen and oxygen atoms in total. The van der Waals surface area contributed by atoms with Crippen molar-refractivity contribution in [1.82, 2.24) is 14.9 Å². The summed E-state index contributed by atoms with van der Waals surface area (Å²) in [6, 6.07) is 19.5. The van der Waals surface area contributed by atoms with E-state index in [9.17, 15) is 13.2 Å². The molecule has 3 aromatic carbocycles. The Balaban J connectivity index is 1.46. The molecule has 0 saturated heterocycles. The van der Waals surface area contributed by atoms with Crippen molar-refractivity contribution in [2.75, 3.05) is 4.72 Å². The van der Waals surface area contributed by atoms with Gasteiger partial charge in [0.25, 0.3) is 15.9 Å². The number of anilines is 1. The Hall–Kier alpha value is -3.91. The molecule has 0 atom stereocenters. The smallest absolute Gasteiger partial charge is 0.262 e. The highest BCUT2D eigenvalue weighted by Gasteiger charge is 2.19. The fourth-order valence-corrected chi connectivity index (χ4v) is 4.68. The second kappa shape index (κ2) is 9.30. The number of sulfonamides is 1. The highest BCUT2D eigenvalue weighted by molar-refractivity contribution is 7.92. The number of nitrogens with zero attached hydrogens (tertiary/aromatic N) is 2. The molecule has 1 heterocycles. The van der Waals surface area contributed by atoms with Crippen LogP contribution in [0.2, 0.25) is 0 Å². The standard InChI is InChI=1S/C25H24N4O3S/c1-18-3-9-22(10-4-18)28-33(31,32)24-15-21(8-5-19(24)2)25(30)27-16-20-6-11-23(12-7-20)29-14-13-26-17-29/h3-15,17,28H,16H2,1-2H3,(H,27,30). The van der Waals surface area contributed by atoms with Crippen molar-refractivity contribution >= 4 is 21.6 Å². The number of carbonyl (C=O) groups excluding carboxylic acids is 1. The van der Waals surface area contributed by atoms with E-state index in [0.717, 1.165) is 16.8 Å². The number of benzene rings is 3. The molecule has 0 saturated carbocycles. The number of amides is 1. The van der Waals surface area contributed by atoms with Crippen molar-refractivity contribution in [2.24, 2.45) is 0 Å². The average Bonchev–Trinajstić information content (AvgIpc) is 3.34. The molecule has 33 heavy (non-hydrogen) atoms. The number of aryl methyl sites for hydroxylation is 2. The highest BCUT2D eigenvalue weighted by Crippen LogP contribution is 2.21. The van der Waals surface area contributed by atoms with Crippen LogP contribution < -0.4 is 10.0 Å². The van der Waals surface area contributed by atoms with Gasteiger partial charge in [0, 0.05) is 35.9 Å². The quantitative estimate of drug-likeness (QED) is 0.432. The number of hydrogen-bond acceptors (Lipinski definition) is 4. The van der Waals surface area contributed by atoms with Crippen LogP contribution in [0.5, 0.6) is 0 Å². The molecule has 0 aliphatic heterocycles. The molecule has 0 aliphatic carbocycles. The van der Waals surface area contributed by atoms with Gasteiger partial charge in [0.05, 0.1) is 11.2 Å². The Bertz CT molecular complexity index is 1360. The average molecular weight is 461 g/mol. The van der Waals surface area contributed by atoms with Crippen molar-refractivity contribution in [1.29, 1.82) is 0 Å². The molecule has 0 bridgehead atoms. The predicted molar refractivity (Wildman–Crippen MR) is 128 cm³/mol. The van der Waals surface area contributed by atoms with Crippen molar-refractivity contribution in [3.8, 4) is 5.69 Å². The van der Waals surface area contributed by atoms with Crippen LogP contribution >= 0.6 is 0 Å². The second-order valence-corrected chi connectivity index (χ2v) is 9.42. The van der Waals surface area contributed by atoms with Gasteiger partial charge in [-0.1, -0.05) is 35.9 Å². The Labute approximate surface area is 193 Å². The fraction of sp³-hybridized carbons (Fsp3) is 0.120. The van der Waals surface area contributed by atoms with Crippen LogP contribution in [-0.4, -0.2) is 23.9 Å². The second-order valence-electron chi connectivity index (χ2n) is 7.77. The summed E-state index contributed by atoms with van der Waals surface area (Å²) >= 11 is 0. The van der Waals surface area contributed by atoms with Gasteiger partial charge in [-0.25, -0.2) is 13.4 Å². The van der Waals surface area contributed by atoms with E-state index < -0.39 is 10.0 Å². The van der Waals surface area contributed by atoms with E-state index in [1.807, 2.05) is 54.1 Å². The molecular formula is C25H24N4O3S. The van der Waals surface area contributed by atoms with Crippen molar-refractivity contribution in [3.05, 3.63) is 108 Å². The Morgan fingerprint density at radius 2 is 1.70 bits per heavy atom. The first-order valence-corrected chi connectivity index (χ1v) is 11.9. The molecule has 4 rings (SSSR count). The Morgan fingerprint density at radius 1 is 0.970 bits per heavy atom. The van der Waals surface area contributed by atoms with Gasteiger partial charge in [0.15, 0.2) is 0 Å². The number of aromatic nitrogens is 2. The molecule has 0 radical (unpaired) electrons. The fourth-order valence-electron chi connectivity index (χ4n) is 3.34. The van der Waals surface area contributed by atoms with Crippen LogP contribution in [0, 0.1) is 13.8 Å². The van der Waals surface area contributed by atoms with Gasteiger partial charge in [-0.2, -0.15) is 0 Å². The lowest BCUT2D eigenvalue weighted by Crippen LogP contribution is -2.23. The number of nitrogens with one attached hydrogen (secondary N) is 2. The van der Waals surface area contributed by atoms with Gasteiger partial charge in [-0.05, 0) is 61.4 Å². The molecule has 2 N–H and O–H groups in total. The van der Waals surface area contributed by atoms with Gasteiger partial charge >= 0.3 is 0 Å². The Morgan fingerprint density at radius 3 is 2.36 bits per heavy atom. The van der Waals surface area contributed by atoms with E-state index in [1.54, 1.807) is 43.7 Å². The molecule has 168 valence electrons. The van der Waals surface area contributed by atoms with E-state index in [0.29, 0.717) is 17.8 Å². The highest BCUT2D eigenvalue weighted by atomic mass is 32.2. The van der Waals surface area contributed by atoms with E-state index in [1.165, 1.54) is 6.07 Å². The molecule has 0 spiro atoms. The van der Waals surface area contributed by atoms with Crippen LogP contribution in [0.3, 0.4) is 0 Å². The third kappa shape index (κ3) is 5.30. The van der Waals surface area contributed by atoms with Gasteiger partial charge in [0.2, 0.25) is 0 Å². The monoisotopic (exact) mass is 460 g/mol. The van der Waals surface area contributed by atoms with E-state index in [2.05, 4.69) is 15.0 Å². The van der Waals surface area contributed by atoms with Crippen LogP contribution in [0.25, 0.3) is 5.69 Å². The molecule has 0 unspecified atom stereocenters. The van der Waals surface area contributed by atoms with Crippen LogP contribution in [0.4, 0.5) is 5.69 Å². The minimum atomic E-state index is -3.84. The maximum atomic E-state index is 12.9. The number of rotatable bonds is 7. The third-order valence-corrected chi connectivity index (χ3v) is 6.76. The Kier molecular flexibility index (Phi) is 6.28. The van der Waals surface area contributed by atoms with Crippen molar-refractivity contribution in [2.45, 2.75) is 25.3 Å². The SMILES string of the molecule is Cc1ccc(NS(=O)(=O)c2cc(C(=O)NCc3ccc(-n4ccnc4)cc3)ccc2C)cc1. The number of imidazole rings is 1. The molecular weight excluding hydrogens is 436 g/mol. The topological polar surface area (TPSA) is 93.1 Å². The molecule has 1 aromatic heterocycles. The molecule has 8 heteroatoms. The first-order valence-electron chi connectivity index (χ1n) is 10.4. The maximum Gasteiger partial charge on any atom is 0.262 e. The summed E-state index contributed by atoms with van der Waals surface area (Å²) in [6.45, 7) is 3.95. The summed E-state index contributed by atoms with van der Waals surface area (Å²) in [5, 5.41) is 2.85. The molecule has 0 aliphatic rings. The summed E-state index contributed by atoms with van der Waals surface area (Å²) < 4.78 is 30.4. The zero-order chi connectivity index (χ0) is 23.4. The lowest BCUT2D eigenvalue weighted by molar-refractivity contribution is 0.0950. The predicted octanol–water partition coefficient (Wildman–Crippen LogP) is 4.22. The van der Waals surface area contributed by atoms with E-state index >= 15 is 0 Å². The minimum absolute atomic E-state index is 0.0698. The lowest BCUT2D eigenvalue weighted by Gasteiger charge is -2.13. The number of carbonyl (C=O) groups is 1. The van der Waals surface area contributed by atoms with E-state index in [-0.39, 0.29) is 16.4 Å². The summed E-state index contributed by atoms with van der Waals surface area (Å²) in [6.07, 6.45) is 5.28. The van der Waals surface area contributed by atoms with Crippen LogP contribution in [0.15, 0.2) is 90.3 Å². The van der Waals surface area contributed by atoms with Crippen LogP contribution in [-0.2, 0) is 16.6 Å². The largest absolute Gasteiger partial charge is 0.348 e. The molecule has 4 aromatic rings. The summed E-state index contributed by atoms with van der Waals surface area (Å²) in [7, 11) is -3.84. The minimum Gasteiger partial charge on any atom is -0.348 e. The first kappa shape index (κ1) is 22.3. The number of hydrogen-bond donors (Lipinski definition) is 2. The van der Waals surface area contributed by atoms with Gasteiger partial charge < -0.3 is 9.88 Å². The van der Waals surface area contributed by atoms with Crippen molar-refractivity contribution in [3.63, 3.8) is 0 Å². The lowest BCUT2D eigenvalue weighted by atomic mass is 10.1. The van der Waals surface area contributed by atoms with Gasteiger partial charge in [-0.3, -0.25) is 9.52 Å². The summed E-state index contributed by atoms with van der Waals surface area (Å²) in [5.74, 6) is -0.347. The normalized spacial score (nSPS) is 11.2. The maximum absolute atomic E-state index is 12.9. The summed E-state index contributed by atoms with van der Waals surface area (Å²) in [5.41, 5.74) is 4.23. The van der Waals surface area contributed by atoms with E-state index in [4.69, 9.17) is 0 Å². The molecule has 0 fully saturated rings. The zero-order valence-corrected chi connectivity index (χ0v) is 19.1. The molecule has 1 amide bonds. The zero-order valence-electron chi connectivity index (χ0n) is 18.3. The third-order valence-electron chi connectivity index (χ3n) is 5.24. The van der Waals surface area contributed by atoms with Crippen molar-refractivity contribution < 1.29 is 13.2 Å². The first-order chi connectivity index (χ1) is 15.8.